The Morgan fingerprint density at radius 2 is 2.22 bits per heavy atom. The molecule has 3 heterocycles. The number of fused-ring (bicyclic) bond motifs is 1. The molecule has 0 bridgehead atoms. The molecule has 3 aromatic heterocycles. The van der Waals surface area contributed by atoms with E-state index in [1.807, 2.05) is 19.3 Å². The first-order valence-electron chi connectivity index (χ1n) is 5.41. The molecule has 0 fully saturated rings. The Morgan fingerprint density at radius 1 is 1.39 bits per heavy atom. The largest absolute Gasteiger partial charge is 0.366 e. The van der Waals surface area contributed by atoms with E-state index in [1.54, 1.807) is 23.3 Å². The minimum absolute atomic E-state index is 0.447. The topological polar surface area (TPSA) is 89.6 Å². The van der Waals surface area contributed by atoms with Crippen molar-refractivity contribution in [1.82, 2.24) is 19.7 Å². The van der Waals surface area contributed by atoms with Crippen molar-refractivity contribution in [2.24, 2.45) is 12.8 Å². The van der Waals surface area contributed by atoms with Crippen molar-refractivity contribution < 1.29 is 4.79 Å². The van der Waals surface area contributed by atoms with E-state index in [0.717, 1.165) is 16.5 Å². The monoisotopic (exact) mass is 241 g/mol. The molecule has 1 amide bonds. The Morgan fingerprint density at radius 3 is 2.89 bits per heavy atom. The van der Waals surface area contributed by atoms with Crippen LogP contribution in [0, 0.1) is 0 Å². The van der Waals surface area contributed by atoms with Gasteiger partial charge in [-0.1, -0.05) is 0 Å². The number of H-pyrrole nitrogens is 1. The van der Waals surface area contributed by atoms with Crippen molar-refractivity contribution >= 4 is 16.9 Å². The highest BCUT2D eigenvalue weighted by molar-refractivity contribution is 6.05. The summed E-state index contributed by atoms with van der Waals surface area (Å²) >= 11 is 0. The van der Waals surface area contributed by atoms with Crippen LogP contribution in [0.15, 0.2) is 30.9 Å². The molecule has 0 unspecified atom stereocenters. The first-order chi connectivity index (χ1) is 8.65. The lowest BCUT2D eigenvalue weighted by atomic mass is 10.1. The molecule has 0 atom stereocenters. The Hall–Kier alpha value is -2.63. The van der Waals surface area contributed by atoms with Crippen molar-refractivity contribution in [1.29, 1.82) is 0 Å². The van der Waals surface area contributed by atoms with E-state index in [9.17, 15) is 4.79 Å². The van der Waals surface area contributed by atoms with E-state index in [4.69, 9.17) is 5.73 Å². The first kappa shape index (κ1) is 10.5. The van der Waals surface area contributed by atoms with Crippen LogP contribution in [0.5, 0.6) is 0 Å². The smallest absolute Gasteiger partial charge is 0.250 e. The van der Waals surface area contributed by atoms with E-state index in [0.29, 0.717) is 11.2 Å². The average Bonchev–Trinajstić information content (AvgIpc) is 2.93. The molecular weight excluding hydrogens is 230 g/mol. The number of pyridine rings is 1. The van der Waals surface area contributed by atoms with Crippen molar-refractivity contribution in [3.8, 4) is 11.1 Å². The second-order valence-corrected chi connectivity index (χ2v) is 4.09. The van der Waals surface area contributed by atoms with Crippen molar-refractivity contribution in [2.45, 2.75) is 0 Å². The van der Waals surface area contributed by atoms with Crippen LogP contribution in [0.1, 0.15) is 10.4 Å². The highest BCUT2D eigenvalue weighted by atomic mass is 16.1. The summed E-state index contributed by atoms with van der Waals surface area (Å²) in [5.74, 6) is -0.466. The van der Waals surface area contributed by atoms with E-state index in [-0.39, 0.29) is 0 Å². The average molecular weight is 241 g/mol. The van der Waals surface area contributed by atoms with Gasteiger partial charge in [0.25, 0.3) is 5.91 Å². The van der Waals surface area contributed by atoms with Gasteiger partial charge in [-0.25, -0.2) is 4.98 Å². The summed E-state index contributed by atoms with van der Waals surface area (Å²) in [6.45, 7) is 0. The molecule has 6 nitrogen and oxygen atoms in total. The number of nitrogens with one attached hydrogen (secondary N) is 1. The number of aryl methyl sites for hydroxylation is 1. The Kier molecular flexibility index (Phi) is 2.16. The lowest BCUT2D eigenvalue weighted by Crippen LogP contribution is -2.09. The number of hydrogen-bond acceptors (Lipinski definition) is 3. The number of nitrogens with zero attached hydrogens (tertiary/aromatic N) is 3. The normalized spacial score (nSPS) is 10.9. The third kappa shape index (κ3) is 1.55. The van der Waals surface area contributed by atoms with Gasteiger partial charge >= 0.3 is 0 Å². The third-order valence-electron chi connectivity index (χ3n) is 2.83. The van der Waals surface area contributed by atoms with Crippen LogP contribution in [-0.4, -0.2) is 25.7 Å². The summed E-state index contributed by atoms with van der Waals surface area (Å²) < 4.78 is 1.71. The lowest BCUT2D eigenvalue weighted by molar-refractivity contribution is 0.100. The zero-order valence-electron chi connectivity index (χ0n) is 9.71. The van der Waals surface area contributed by atoms with E-state index in [1.165, 1.54) is 0 Å². The van der Waals surface area contributed by atoms with Crippen LogP contribution < -0.4 is 5.73 Å². The number of nitrogens with two attached hydrogens (primary N) is 1. The number of amides is 1. The van der Waals surface area contributed by atoms with Crippen LogP contribution in [0.4, 0.5) is 0 Å². The SMILES string of the molecule is Cn1cc(-c2cnc3[nH]cc(C(N)=O)c3c2)cn1. The standard InChI is InChI=1S/C12H11N5O/c1-17-6-8(4-16-17)7-2-9-10(11(13)18)5-15-12(9)14-3-7/h2-6H,1H3,(H2,13,18)(H,14,15). The van der Waals surface area contributed by atoms with Gasteiger partial charge in [0.2, 0.25) is 0 Å². The van der Waals surface area contributed by atoms with Gasteiger partial charge in [-0.3, -0.25) is 9.48 Å². The van der Waals surface area contributed by atoms with Crippen molar-refractivity contribution in [2.75, 3.05) is 0 Å². The van der Waals surface area contributed by atoms with E-state index in [2.05, 4.69) is 15.1 Å². The van der Waals surface area contributed by atoms with Gasteiger partial charge in [0.05, 0.1) is 11.8 Å². The Balaban J connectivity index is 2.20. The quantitative estimate of drug-likeness (QED) is 0.703. The number of carbonyl (C=O) groups excluding carboxylic acids is 1. The number of carbonyl (C=O) groups is 1. The first-order valence-corrected chi connectivity index (χ1v) is 5.41. The Bertz CT molecular complexity index is 740. The summed E-state index contributed by atoms with van der Waals surface area (Å²) in [6.07, 6.45) is 6.95. The minimum Gasteiger partial charge on any atom is -0.366 e. The highest BCUT2D eigenvalue weighted by Gasteiger charge is 2.11. The molecule has 3 N–H and O–H groups in total. The molecule has 0 saturated heterocycles. The maximum absolute atomic E-state index is 11.3. The van der Waals surface area contributed by atoms with Gasteiger partial charge in [0, 0.05) is 42.2 Å². The summed E-state index contributed by atoms with van der Waals surface area (Å²) in [5, 5.41) is 4.83. The second kappa shape index (κ2) is 3.69. The summed E-state index contributed by atoms with van der Waals surface area (Å²) in [4.78, 5) is 18.5. The molecule has 18 heavy (non-hydrogen) atoms. The fraction of sp³-hybridized carbons (Fsp3) is 0.0833. The molecule has 3 rings (SSSR count). The zero-order valence-corrected chi connectivity index (χ0v) is 9.71. The molecule has 90 valence electrons. The van der Waals surface area contributed by atoms with Gasteiger partial charge in [0.1, 0.15) is 5.65 Å². The predicted octanol–water partition coefficient (Wildman–Crippen LogP) is 1.06. The number of primary amides is 1. The summed E-state index contributed by atoms with van der Waals surface area (Å²) in [7, 11) is 1.85. The van der Waals surface area contributed by atoms with Crippen molar-refractivity contribution in [3.05, 3.63) is 36.4 Å². The van der Waals surface area contributed by atoms with Crippen LogP contribution in [-0.2, 0) is 7.05 Å². The Labute approximate surface area is 102 Å². The lowest BCUT2D eigenvalue weighted by Gasteiger charge is -1.98. The van der Waals surface area contributed by atoms with Gasteiger partial charge < -0.3 is 10.7 Å². The molecule has 6 heteroatoms. The van der Waals surface area contributed by atoms with Crippen LogP contribution in [0.2, 0.25) is 0 Å². The maximum Gasteiger partial charge on any atom is 0.250 e. The van der Waals surface area contributed by atoms with Crippen LogP contribution >= 0.6 is 0 Å². The number of aromatic nitrogens is 4. The number of aromatic amines is 1. The fourth-order valence-electron chi connectivity index (χ4n) is 1.94. The highest BCUT2D eigenvalue weighted by Crippen LogP contribution is 2.23. The van der Waals surface area contributed by atoms with Gasteiger partial charge in [-0.15, -0.1) is 0 Å². The minimum atomic E-state index is -0.466. The molecule has 0 aliphatic heterocycles. The van der Waals surface area contributed by atoms with Crippen LogP contribution in [0.25, 0.3) is 22.2 Å². The maximum atomic E-state index is 11.3. The predicted molar refractivity (Wildman–Crippen MR) is 66.8 cm³/mol. The molecule has 0 aliphatic rings. The molecule has 0 aromatic carbocycles. The molecule has 0 saturated carbocycles. The van der Waals surface area contributed by atoms with Crippen LogP contribution in [0.3, 0.4) is 0 Å². The zero-order chi connectivity index (χ0) is 12.7. The second-order valence-electron chi connectivity index (χ2n) is 4.09. The molecular formula is C12H11N5O. The van der Waals surface area contributed by atoms with E-state index >= 15 is 0 Å². The van der Waals surface area contributed by atoms with Gasteiger partial charge in [-0.2, -0.15) is 5.10 Å². The summed E-state index contributed by atoms with van der Waals surface area (Å²) in [5.41, 5.74) is 8.26. The molecule has 3 aromatic rings. The van der Waals surface area contributed by atoms with Gasteiger partial charge in [0.15, 0.2) is 0 Å². The van der Waals surface area contributed by atoms with E-state index < -0.39 is 5.91 Å². The number of hydrogen-bond donors (Lipinski definition) is 2. The molecule has 0 aliphatic carbocycles. The molecule has 0 radical (unpaired) electrons. The summed E-state index contributed by atoms with van der Waals surface area (Å²) in [6, 6.07) is 1.88. The number of rotatable bonds is 2. The van der Waals surface area contributed by atoms with Gasteiger partial charge in [-0.05, 0) is 6.07 Å². The molecule has 0 spiro atoms. The van der Waals surface area contributed by atoms with Crippen molar-refractivity contribution in [3.63, 3.8) is 0 Å². The fourth-order valence-corrected chi connectivity index (χ4v) is 1.94. The third-order valence-corrected chi connectivity index (χ3v) is 2.83.